The molecule has 1 amide bonds. The number of para-hydroxylation sites is 1. The summed E-state index contributed by atoms with van der Waals surface area (Å²) in [5, 5.41) is 3.39. The number of rotatable bonds is 8. The van der Waals surface area contributed by atoms with E-state index in [1.165, 1.54) is 36.8 Å². The smallest absolute Gasteiger partial charge is 0.220 e. The molecule has 1 aliphatic heterocycles. The monoisotopic (exact) mass is 435 g/mol. The molecule has 1 aliphatic carbocycles. The molecule has 1 N–H and O–H groups in total. The highest BCUT2D eigenvalue weighted by Gasteiger charge is 2.31. The molecular formula is C27H37N3O2. The third kappa shape index (κ3) is 5.69. The van der Waals surface area contributed by atoms with Gasteiger partial charge in [-0.1, -0.05) is 37.1 Å². The van der Waals surface area contributed by atoms with Gasteiger partial charge in [-0.25, -0.2) is 0 Å². The van der Waals surface area contributed by atoms with E-state index in [1.807, 2.05) is 18.3 Å². The highest BCUT2D eigenvalue weighted by Crippen LogP contribution is 2.33. The summed E-state index contributed by atoms with van der Waals surface area (Å²) in [6.07, 6.45) is 9.63. The van der Waals surface area contributed by atoms with E-state index in [9.17, 15) is 4.79 Å². The molecule has 2 fully saturated rings. The van der Waals surface area contributed by atoms with Crippen LogP contribution in [0.4, 0.5) is 0 Å². The second-order valence-electron chi connectivity index (χ2n) is 9.56. The molecule has 5 nitrogen and oxygen atoms in total. The molecule has 32 heavy (non-hydrogen) atoms. The molecule has 1 aromatic heterocycles. The van der Waals surface area contributed by atoms with Gasteiger partial charge in [0, 0.05) is 31.3 Å². The molecule has 2 atom stereocenters. The highest BCUT2D eigenvalue weighted by atomic mass is 16.5. The quantitative estimate of drug-likeness (QED) is 0.631. The number of pyridine rings is 1. The lowest BCUT2D eigenvalue weighted by Gasteiger charge is -2.37. The summed E-state index contributed by atoms with van der Waals surface area (Å²) in [7, 11) is 1.75. The summed E-state index contributed by atoms with van der Waals surface area (Å²) in [4.78, 5) is 20.1. The Morgan fingerprint density at radius 3 is 2.75 bits per heavy atom. The Labute approximate surface area is 192 Å². The van der Waals surface area contributed by atoms with Crippen molar-refractivity contribution >= 4 is 5.91 Å². The zero-order valence-corrected chi connectivity index (χ0v) is 19.6. The number of nitrogens with one attached hydrogen (secondary N) is 1. The maximum absolute atomic E-state index is 12.9. The first kappa shape index (κ1) is 22.8. The fourth-order valence-corrected chi connectivity index (χ4v) is 5.58. The number of likely N-dealkylation sites (tertiary alicyclic amines) is 1. The van der Waals surface area contributed by atoms with Gasteiger partial charge in [-0.3, -0.25) is 14.7 Å². The summed E-state index contributed by atoms with van der Waals surface area (Å²) in [5.74, 6) is 2.07. The molecule has 2 heterocycles. The number of amides is 1. The van der Waals surface area contributed by atoms with Gasteiger partial charge >= 0.3 is 0 Å². The Hall–Kier alpha value is -2.40. The summed E-state index contributed by atoms with van der Waals surface area (Å²) >= 11 is 0. The molecule has 1 aromatic carbocycles. The van der Waals surface area contributed by atoms with Crippen LogP contribution in [-0.4, -0.2) is 36.0 Å². The molecular weight excluding hydrogens is 398 g/mol. The first-order valence-electron chi connectivity index (χ1n) is 12.2. The minimum atomic E-state index is -0.0349. The Balaban J connectivity index is 1.47. The molecule has 0 unspecified atom stereocenters. The molecule has 1 saturated carbocycles. The average Bonchev–Trinajstić information content (AvgIpc) is 3.31. The van der Waals surface area contributed by atoms with Gasteiger partial charge in [0.15, 0.2) is 0 Å². The number of carbonyl (C=O) groups is 1. The number of nitrogens with zero attached hydrogens (tertiary/aromatic N) is 2. The normalized spacial score (nSPS) is 20.8. The number of benzene rings is 1. The third-order valence-electron chi connectivity index (χ3n) is 7.18. The summed E-state index contributed by atoms with van der Waals surface area (Å²) < 4.78 is 5.68. The first-order valence-corrected chi connectivity index (χ1v) is 12.2. The van der Waals surface area contributed by atoms with Crippen LogP contribution in [0, 0.1) is 18.8 Å². The van der Waals surface area contributed by atoms with Crippen LogP contribution in [0.25, 0.3) is 0 Å². The van der Waals surface area contributed by atoms with Crippen LogP contribution >= 0.6 is 0 Å². The fraction of sp³-hybridized carbons (Fsp3) is 0.556. The fourth-order valence-electron chi connectivity index (χ4n) is 5.58. The topological polar surface area (TPSA) is 54.5 Å². The number of piperidine rings is 1. The molecule has 1 saturated heterocycles. The number of aryl methyl sites for hydroxylation is 1. The average molecular weight is 436 g/mol. The number of hydrogen-bond acceptors (Lipinski definition) is 4. The van der Waals surface area contributed by atoms with Crippen LogP contribution in [0.15, 0.2) is 42.6 Å². The van der Waals surface area contributed by atoms with Gasteiger partial charge in [-0.05, 0) is 68.7 Å². The maximum Gasteiger partial charge on any atom is 0.220 e. The van der Waals surface area contributed by atoms with E-state index in [0.717, 1.165) is 43.9 Å². The zero-order valence-electron chi connectivity index (χ0n) is 19.6. The van der Waals surface area contributed by atoms with Crippen molar-refractivity contribution in [1.82, 2.24) is 15.2 Å². The van der Waals surface area contributed by atoms with Crippen molar-refractivity contribution in [3.63, 3.8) is 0 Å². The minimum absolute atomic E-state index is 0.0349. The predicted molar refractivity (Wildman–Crippen MR) is 127 cm³/mol. The van der Waals surface area contributed by atoms with E-state index < -0.39 is 0 Å². The van der Waals surface area contributed by atoms with Gasteiger partial charge in [-0.15, -0.1) is 0 Å². The molecule has 0 radical (unpaired) electrons. The molecule has 5 heteroatoms. The van der Waals surface area contributed by atoms with E-state index in [2.05, 4.69) is 46.4 Å². The standard InChI is InChI=1S/C27H37N3O2/c1-20-9-7-12-23(27(20)32-2)19-30-16-8-13-22(18-30)26(24-14-5-6-15-28-24)29-25(31)17-21-10-3-4-11-21/h5-7,9,12,14-15,21-22,26H,3-4,8,10-11,13,16-19H2,1-2H3,(H,29,31)/t22-,26+/m1/s1. The number of ether oxygens (including phenoxy) is 1. The van der Waals surface area contributed by atoms with E-state index in [4.69, 9.17) is 4.74 Å². The maximum atomic E-state index is 12.9. The summed E-state index contributed by atoms with van der Waals surface area (Å²) in [6, 6.07) is 12.4. The highest BCUT2D eigenvalue weighted by molar-refractivity contribution is 5.76. The molecule has 2 aliphatic rings. The largest absolute Gasteiger partial charge is 0.496 e. The molecule has 0 bridgehead atoms. The molecule has 4 rings (SSSR count). The van der Waals surface area contributed by atoms with Gasteiger partial charge in [-0.2, -0.15) is 0 Å². The summed E-state index contributed by atoms with van der Waals surface area (Å²) in [6.45, 7) is 4.98. The van der Waals surface area contributed by atoms with Crippen LogP contribution in [0.5, 0.6) is 5.75 Å². The van der Waals surface area contributed by atoms with Crippen molar-refractivity contribution < 1.29 is 9.53 Å². The Bertz CT molecular complexity index is 880. The molecule has 0 spiro atoms. The van der Waals surface area contributed by atoms with Crippen LogP contribution < -0.4 is 10.1 Å². The van der Waals surface area contributed by atoms with Crippen molar-refractivity contribution in [1.29, 1.82) is 0 Å². The lowest BCUT2D eigenvalue weighted by molar-refractivity contribution is -0.123. The van der Waals surface area contributed by atoms with E-state index in [-0.39, 0.29) is 11.9 Å². The van der Waals surface area contributed by atoms with E-state index in [0.29, 0.717) is 18.3 Å². The van der Waals surface area contributed by atoms with Crippen LogP contribution in [-0.2, 0) is 11.3 Å². The first-order chi connectivity index (χ1) is 15.6. The van der Waals surface area contributed by atoms with Gasteiger partial charge in [0.25, 0.3) is 0 Å². The van der Waals surface area contributed by atoms with Crippen molar-refractivity contribution in [2.45, 2.75) is 64.5 Å². The number of aromatic nitrogens is 1. The van der Waals surface area contributed by atoms with Crippen molar-refractivity contribution in [3.8, 4) is 5.75 Å². The lowest BCUT2D eigenvalue weighted by atomic mass is 9.87. The minimum Gasteiger partial charge on any atom is -0.496 e. The SMILES string of the molecule is COc1c(C)cccc1CN1CCC[C@@H]([C@H](NC(=O)CC2CCCC2)c2ccccn2)C1. The van der Waals surface area contributed by atoms with Gasteiger partial charge in [0.05, 0.1) is 18.8 Å². The van der Waals surface area contributed by atoms with Crippen molar-refractivity contribution in [3.05, 3.63) is 59.4 Å². The number of hydrogen-bond donors (Lipinski definition) is 1. The predicted octanol–water partition coefficient (Wildman–Crippen LogP) is 5.05. The van der Waals surface area contributed by atoms with Crippen LogP contribution in [0.3, 0.4) is 0 Å². The Morgan fingerprint density at radius 1 is 1.16 bits per heavy atom. The van der Waals surface area contributed by atoms with Gasteiger partial charge in [0.2, 0.25) is 5.91 Å². The zero-order chi connectivity index (χ0) is 22.3. The van der Waals surface area contributed by atoms with E-state index >= 15 is 0 Å². The van der Waals surface area contributed by atoms with Crippen molar-refractivity contribution in [2.24, 2.45) is 11.8 Å². The second kappa shape index (κ2) is 11.0. The summed E-state index contributed by atoms with van der Waals surface area (Å²) in [5.41, 5.74) is 3.38. The lowest BCUT2D eigenvalue weighted by Crippen LogP contribution is -2.43. The Kier molecular flexibility index (Phi) is 7.80. The van der Waals surface area contributed by atoms with Crippen molar-refractivity contribution in [2.75, 3.05) is 20.2 Å². The molecule has 2 aromatic rings. The number of methoxy groups -OCH3 is 1. The van der Waals surface area contributed by atoms with Crippen LogP contribution in [0.2, 0.25) is 0 Å². The van der Waals surface area contributed by atoms with E-state index in [1.54, 1.807) is 7.11 Å². The van der Waals surface area contributed by atoms with Gasteiger partial charge < -0.3 is 10.1 Å². The number of carbonyl (C=O) groups excluding carboxylic acids is 1. The van der Waals surface area contributed by atoms with Gasteiger partial charge in [0.1, 0.15) is 5.75 Å². The second-order valence-corrected chi connectivity index (χ2v) is 9.56. The van der Waals surface area contributed by atoms with Crippen LogP contribution in [0.1, 0.15) is 67.8 Å². The molecule has 172 valence electrons. The third-order valence-corrected chi connectivity index (χ3v) is 7.18. The Morgan fingerprint density at radius 2 is 2.00 bits per heavy atom.